The van der Waals surface area contributed by atoms with Gasteiger partial charge in [-0.05, 0) is 49.8 Å². The zero-order chi connectivity index (χ0) is 20.3. The maximum atomic E-state index is 12.1. The first-order chi connectivity index (χ1) is 12.7. The fraction of sp³-hybridized carbons (Fsp3) is 0.571. The zero-order valence-electron chi connectivity index (χ0n) is 16.0. The summed E-state index contributed by atoms with van der Waals surface area (Å²) in [5, 5.41) is 12.4. The first-order valence-electron chi connectivity index (χ1n) is 9.39. The number of hydrogen-bond acceptors (Lipinski definition) is 2. The van der Waals surface area contributed by atoms with Gasteiger partial charge in [-0.3, -0.25) is 4.79 Å². The number of nitrogens with one attached hydrogen (secondary N) is 1. The maximum absolute atomic E-state index is 12.1. The van der Waals surface area contributed by atoms with Crippen LogP contribution in [0.25, 0.3) is 0 Å². The van der Waals surface area contributed by atoms with Crippen LogP contribution in [0.1, 0.15) is 63.5 Å². The van der Waals surface area contributed by atoms with Crippen molar-refractivity contribution in [2.24, 2.45) is 0 Å². The number of rotatable bonds is 9. The molecule has 1 aromatic carbocycles. The molecule has 0 aliphatic carbocycles. The Hall–Kier alpha value is -2.00. The lowest BCUT2D eigenvalue weighted by atomic mass is 9.93. The third-order valence-electron chi connectivity index (χ3n) is 4.13. The molecule has 0 atom stereocenters. The molecule has 2 N–H and O–H groups in total. The van der Waals surface area contributed by atoms with Crippen molar-refractivity contribution in [3.8, 4) is 11.8 Å². The zero-order valence-corrected chi connectivity index (χ0v) is 16.0. The second kappa shape index (κ2) is 11.0. The second-order valence-corrected chi connectivity index (χ2v) is 6.69. The molecule has 1 aromatic rings. The Labute approximate surface area is 159 Å². The summed E-state index contributed by atoms with van der Waals surface area (Å²) in [6.45, 7) is 4.03. The Balaban J connectivity index is 2.55. The monoisotopic (exact) mass is 383 g/mol. The predicted molar refractivity (Wildman–Crippen MR) is 100 cm³/mol. The number of alkyl halides is 3. The van der Waals surface area contributed by atoms with E-state index in [0.29, 0.717) is 32.1 Å². The molecule has 0 bridgehead atoms. The van der Waals surface area contributed by atoms with Gasteiger partial charge in [-0.15, -0.1) is 0 Å². The van der Waals surface area contributed by atoms with E-state index in [-0.39, 0.29) is 6.54 Å². The summed E-state index contributed by atoms with van der Waals surface area (Å²) in [5.74, 6) is 4.15. The van der Waals surface area contributed by atoms with Gasteiger partial charge in [0.05, 0.1) is 0 Å². The van der Waals surface area contributed by atoms with Crippen LogP contribution in [-0.4, -0.2) is 29.3 Å². The maximum Gasteiger partial charge on any atom is 0.471 e. The molecule has 150 valence electrons. The summed E-state index contributed by atoms with van der Waals surface area (Å²) >= 11 is 0. The van der Waals surface area contributed by atoms with Gasteiger partial charge in [0.25, 0.3) is 0 Å². The average Bonchev–Trinajstić information content (AvgIpc) is 2.59. The number of benzene rings is 1. The van der Waals surface area contributed by atoms with Crippen LogP contribution in [0.15, 0.2) is 24.3 Å². The number of hydrogen-bond donors (Lipinski definition) is 2. The summed E-state index contributed by atoms with van der Waals surface area (Å²) < 4.78 is 36.2. The van der Waals surface area contributed by atoms with Gasteiger partial charge in [0, 0.05) is 12.1 Å². The van der Waals surface area contributed by atoms with Crippen molar-refractivity contribution in [3.63, 3.8) is 0 Å². The van der Waals surface area contributed by atoms with Crippen molar-refractivity contribution in [1.29, 1.82) is 0 Å². The van der Waals surface area contributed by atoms with Crippen molar-refractivity contribution in [1.82, 2.24) is 5.32 Å². The van der Waals surface area contributed by atoms with E-state index < -0.39 is 17.7 Å². The lowest BCUT2D eigenvalue weighted by Crippen LogP contribution is -2.37. The number of amides is 1. The minimum Gasteiger partial charge on any atom is -0.378 e. The number of aryl methyl sites for hydroxylation is 1. The number of carbonyl (C=O) groups excluding carboxylic acids is 1. The van der Waals surface area contributed by atoms with Crippen molar-refractivity contribution in [3.05, 3.63) is 35.4 Å². The minimum atomic E-state index is -4.83. The van der Waals surface area contributed by atoms with Crippen LogP contribution in [0.4, 0.5) is 13.2 Å². The molecule has 0 saturated heterocycles. The van der Waals surface area contributed by atoms with Crippen molar-refractivity contribution in [2.45, 2.75) is 70.6 Å². The molecule has 0 aliphatic rings. The van der Waals surface area contributed by atoms with Gasteiger partial charge >= 0.3 is 12.1 Å². The molecule has 6 heteroatoms. The van der Waals surface area contributed by atoms with E-state index in [4.69, 9.17) is 0 Å². The van der Waals surface area contributed by atoms with Crippen LogP contribution in [0.5, 0.6) is 0 Å². The largest absolute Gasteiger partial charge is 0.471 e. The highest BCUT2D eigenvalue weighted by atomic mass is 19.4. The first-order valence-corrected chi connectivity index (χ1v) is 9.39. The van der Waals surface area contributed by atoms with Gasteiger partial charge in [0.2, 0.25) is 0 Å². The van der Waals surface area contributed by atoms with Crippen molar-refractivity contribution in [2.75, 3.05) is 6.54 Å². The van der Waals surface area contributed by atoms with Crippen LogP contribution in [-0.2, 0) is 11.2 Å². The SMILES string of the molecule is CCCC(O)(C#Cc1cccc(CCCCNC(=O)C(F)(F)F)c1)CCC. The smallest absolute Gasteiger partial charge is 0.378 e. The van der Waals surface area contributed by atoms with E-state index >= 15 is 0 Å². The molecule has 0 fully saturated rings. The van der Waals surface area contributed by atoms with E-state index in [9.17, 15) is 23.1 Å². The summed E-state index contributed by atoms with van der Waals surface area (Å²) in [4.78, 5) is 10.7. The number of carbonyl (C=O) groups is 1. The summed E-state index contributed by atoms with van der Waals surface area (Å²) in [5.41, 5.74) is 0.873. The molecule has 0 unspecified atom stereocenters. The number of unbranched alkanes of at least 4 members (excludes halogenated alkanes) is 1. The normalized spacial score (nSPS) is 11.6. The summed E-state index contributed by atoms with van der Waals surface area (Å²) in [6.07, 6.45) is -0.0360. The molecule has 0 aromatic heterocycles. The van der Waals surface area contributed by atoms with Gasteiger partial charge in [-0.25, -0.2) is 0 Å². The highest BCUT2D eigenvalue weighted by molar-refractivity contribution is 5.81. The highest BCUT2D eigenvalue weighted by Crippen LogP contribution is 2.19. The molecular formula is C21H28F3NO2. The van der Waals surface area contributed by atoms with E-state index in [1.807, 2.05) is 43.4 Å². The lowest BCUT2D eigenvalue weighted by molar-refractivity contribution is -0.173. The first kappa shape index (κ1) is 23.0. The quantitative estimate of drug-likeness (QED) is 0.491. The Bertz CT molecular complexity index is 653. The van der Waals surface area contributed by atoms with Gasteiger partial charge in [-0.1, -0.05) is 50.7 Å². The van der Waals surface area contributed by atoms with Crippen LogP contribution >= 0.6 is 0 Å². The molecular weight excluding hydrogens is 355 g/mol. The van der Waals surface area contributed by atoms with Crippen LogP contribution < -0.4 is 5.32 Å². The molecule has 27 heavy (non-hydrogen) atoms. The van der Waals surface area contributed by atoms with E-state index in [1.165, 1.54) is 0 Å². The van der Waals surface area contributed by atoms with Crippen LogP contribution in [0.3, 0.4) is 0 Å². The Morgan fingerprint density at radius 2 is 1.81 bits per heavy atom. The Kier molecular flexibility index (Phi) is 9.37. The molecule has 1 amide bonds. The topological polar surface area (TPSA) is 49.3 Å². The molecule has 0 heterocycles. The molecule has 0 spiro atoms. The highest BCUT2D eigenvalue weighted by Gasteiger charge is 2.38. The summed E-state index contributed by atoms with van der Waals surface area (Å²) in [7, 11) is 0. The lowest BCUT2D eigenvalue weighted by Gasteiger charge is -2.20. The Morgan fingerprint density at radius 3 is 2.41 bits per heavy atom. The standard InChI is InChI=1S/C21H28F3NO2/c1-3-12-20(27,13-4-2)14-11-18-10-7-9-17(16-18)8-5-6-15-25-19(26)21(22,23)24/h7,9-10,16,27H,3-6,8,12-13,15H2,1-2H3,(H,25,26). The third-order valence-corrected chi connectivity index (χ3v) is 4.13. The molecule has 3 nitrogen and oxygen atoms in total. The van der Waals surface area contributed by atoms with Gasteiger partial charge in [-0.2, -0.15) is 13.2 Å². The van der Waals surface area contributed by atoms with E-state index in [1.54, 1.807) is 0 Å². The van der Waals surface area contributed by atoms with Gasteiger partial charge in [0.15, 0.2) is 0 Å². The van der Waals surface area contributed by atoms with Crippen LogP contribution in [0.2, 0.25) is 0 Å². The van der Waals surface area contributed by atoms with Crippen molar-refractivity contribution >= 4 is 5.91 Å². The number of aliphatic hydroxyl groups is 1. The minimum absolute atomic E-state index is 0.00108. The summed E-state index contributed by atoms with van der Waals surface area (Å²) in [6, 6.07) is 7.62. The van der Waals surface area contributed by atoms with Gasteiger partial charge < -0.3 is 10.4 Å². The molecule has 0 aliphatic heterocycles. The predicted octanol–water partition coefficient (Wildman–Crippen LogP) is 4.37. The fourth-order valence-electron chi connectivity index (χ4n) is 2.83. The van der Waals surface area contributed by atoms with Crippen molar-refractivity contribution < 1.29 is 23.1 Å². The second-order valence-electron chi connectivity index (χ2n) is 6.69. The van der Waals surface area contributed by atoms with Crippen LogP contribution in [0, 0.1) is 11.8 Å². The van der Waals surface area contributed by atoms with E-state index in [2.05, 4.69) is 11.8 Å². The molecule has 0 saturated carbocycles. The number of halogens is 3. The fourth-order valence-corrected chi connectivity index (χ4v) is 2.83. The molecule has 0 radical (unpaired) electrons. The third kappa shape index (κ3) is 8.96. The van der Waals surface area contributed by atoms with E-state index in [0.717, 1.165) is 24.0 Å². The average molecular weight is 383 g/mol. The Morgan fingerprint density at radius 1 is 1.15 bits per heavy atom. The molecule has 1 rings (SSSR count). The van der Waals surface area contributed by atoms with Gasteiger partial charge in [0.1, 0.15) is 5.60 Å².